The highest BCUT2D eigenvalue weighted by molar-refractivity contribution is 14.1. The predicted molar refractivity (Wildman–Crippen MR) is 94.2 cm³/mol. The summed E-state index contributed by atoms with van der Waals surface area (Å²) in [6.45, 7) is 4.72. The average molecular weight is 393 g/mol. The zero-order valence-electron chi connectivity index (χ0n) is 12.2. The van der Waals surface area contributed by atoms with Crippen LogP contribution in [0.25, 0.3) is 0 Å². The first-order valence-electron chi connectivity index (χ1n) is 7.46. The molecule has 2 nitrogen and oxygen atoms in total. The minimum absolute atomic E-state index is 0.257. The highest BCUT2D eigenvalue weighted by atomic mass is 127. The Morgan fingerprint density at radius 1 is 1.05 bits per heavy atom. The molecule has 0 fully saturated rings. The highest BCUT2D eigenvalue weighted by Crippen LogP contribution is 2.28. The van der Waals surface area contributed by atoms with E-state index in [1.807, 2.05) is 0 Å². The van der Waals surface area contributed by atoms with Crippen molar-refractivity contribution in [1.29, 1.82) is 0 Å². The van der Waals surface area contributed by atoms with Gasteiger partial charge in [-0.2, -0.15) is 0 Å². The Kier molecular flexibility index (Phi) is 4.93. The van der Waals surface area contributed by atoms with Crippen LogP contribution in [0.2, 0.25) is 0 Å². The third kappa shape index (κ3) is 3.47. The van der Waals surface area contributed by atoms with Crippen LogP contribution < -0.4 is 5.32 Å². The van der Waals surface area contributed by atoms with Gasteiger partial charge < -0.3 is 10.1 Å². The molecule has 0 aromatic heterocycles. The zero-order valence-corrected chi connectivity index (χ0v) is 14.4. The first-order valence-corrected chi connectivity index (χ1v) is 8.54. The molecule has 21 heavy (non-hydrogen) atoms. The summed E-state index contributed by atoms with van der Waals surface area (Å²) in [5.41, 5.74) is 5.31. The predicted octanol–water partition coefficient (Wildman–Crippen LogP) is 4.41. The van der Waals surface area contributed by atoms with Gasteiger partial charge >= 0.3 is 0 Å². The molecule has 0 aliphatic carbocycles. The summed E-state index contributed by atoms with van der Waals surface area (Å²) in [6, 6.07) is 15.8. The van der Waals surface area contributed by atoms with Gasteiger partial charge in [0.2, 0.25) is 0 Å². The van der Waals surface area contributed by atoms with E-state index < -0.39 is 0 Å². The van der Waals surface area contributed by atoms with Crippen LogP contribution in [0.5, 0.6) is 0 Å². The first-order chi connectivity index (χ1) is 10.3. The molecule has 110 valence electrons. The van der Waals surface area contributed by atoms with Gasteiger partial charge in [-0.05, 0) is 69.9 Å². The summed E-state index contributed by atoms with van der Waals surface area (Å²) in [4.78, 5) is 0. The fourth-order valence-corrected chi connectivity index (χ4v) is 3.10. The van der Waals surface area contributed by atoms with Crippen LogP contribution in [-0.4, -0.2) is 6.54 Å². The third-order valence-corrected chi connectivity index (χ3v) is 4.60. The van der Waals surface area contributed by atoms with E-state index in [0.717, 1.165) is 26.2 Å². The Labute approximate surface area is 140 Å². The molecule has 0 saturated carbocycles. The Hall–Kier alpha value is -0.910. The van der Waals surface area contributed by atoms with E-state index in [4.69, 9.17) is 4.74 Å². The molecule has 0 bridgehead atoms. The van der Waals surface area contributed by atoms with Crippen LogP contribution in [0.3, 0.4) is 0 Å². The normalized spacial score (nSPS) is 15.0. The lowest BCUT2D eigenvalue weighted by Gasteiger charge is -2.20. The maximum atomic E-state index is 5.53. The van der Waals surface area contributed by atoms with Crippen molar-refractivity contribution in [2.75, 3.05) is 6.54 Å². The summed E-state index contributed by atoms with van der Waals surface area (Å²) in [5, 5.41) is 3.67. The molecule has 2 aromatic carbocycles. The molecule has 1 atom stereocenters. The number of benzene rings is 2. The average Bonchev–Trinajstić information content (AvgIpc) is 2.97. The van der Waals surface area contributed by atoms with E-state index in [9.17, 15) is 0 Å². The fourth-order valence-electron chi connectivity index (χ4n) is 2.74. The first kappa shape index (κ1) is 15.0. The van der Waals surface area contributed by atoms with Crippen LogP contribution in [0.4, 0.5) is 0 Å². The molecule has 3 rings (SSSR count). The van der Waals surface area contributed by atoms with Crippen LogP contribution in [0.15, 0.2) is 42.5 Å². The molecule has 1 heterocycles. The summed E-state index contributed by atoms with van der Waals surface area (Å²) in [5.74, 6) is 0. The molecular weight excluding hydrogens is 373 g/mol. The van der Waals surface area contributed by atoms with Gasteiger partial charge in [0.15, 0.2) is 0 Å². The summed E-state index contributed by atoms with van der Waals surface area (Å²) < 4.78 is 6.80. The van der Waals surface area contributed by atoms with Crippen molar-refractivity contribution in [3.63, 3.8) is 0 Å². The van der Waals surface area contributed by atoms with E-state index in [1.54, 1.807) is 0 Å². The molecule has 3 heteroatoms. The second kappa shape index (κ2) is 6.90. The van der Waals surface area contributed by atoms with Crippen LogP contribution in [-0.2, 0) is 18.0 Å². The summed E-state index contributed by atoms with van der Waals surface area (Å²) in [6.07, 6.45) is 1.13. The maximum absolute atomic E-state index is 5.53. The molecule has 1 N–H and O–H groups in total. The molecule has 0 spiro atoms. The number of fused-ring (bicyclic) bond motifs is 1. The lowest BCUT2D eigenvalue weighted by Crippen LogP contribution is -2.23. The van der Waals surface area contributed by atoms with Gasteiger partial charge in [-0.1, -0.05) is 37.3 Å². The minimum atomic E-state index is 0.257. The number of nitrogens with one attached hydrogen (secondary N) is 1. The molecular formula is C18H20INO. The Balaban J connectivity index is 1.93. The number of rotatable bonds is 5. The van der Waals surface area contributed by atoms with Gasteiger partial charge in [-0.25, -0.2) is 0 Å². The van der Waals surface area contributed by atoms with Gasteiger partial charge in [-0.3, -0.25) is 0 Å². The van der Waals surface area contributed by atoms with Crippen LogP contribution in [0.1, 0.15) is 41.6 Å². The number of hydrogen-bond acceptors (Lipinski definition) is 2. The van der Waals surface area contributed by atoms with E-state index in [0.29, 0.717) is 0 Å². The lowest BCUT2D eigenvalue weighted by molar-refractivity contribution is 0.134. The van der Waals surface area contributed by atoms with Crippen LogP contribution in [0, 0.1) is 3.57 Å². The summed E-state index contributed by atoms with van der Waals surface area (Å²) in [7, 11) is 0. The largest absolute Gasteiger partial charge is 0.372 e. The van der Waals surface area contributed by atoms with Crippen molar-refractivity contribution in [2.24, 2.45) is 0 Å². The Morgan fingerprint density at radius 3 is 2.52 bits per heavy atom. The maximum Gasteiger partial charge on any atom is 0.0725 e. The zero-order chi connectivity index (χ0) is 14.7. The second-order valence-electron chi connectivity index (χ2n) is 5.46. The molecule has 0 amide bonds. The molecule has 1 aliphatic heterocycles. The Morgan fingerprint density at radius 2 is 1.76 bits per heavy atom. The van der Waals surface area contributed by atoms with E-state index in [-0.39, 0.29) is 6.04 Å². The van der Waals surface area contributed by atoms with Gasteiger partial charge in [-0.15, -0.1) is 0 Å². The van der Waals surface area contributed by atoms with Crippen molar-refractivity contribution < 1.29 is 4.74 Å². The quantitative estimate of drug-likeness (QED) is 0.760. The number of halogens is 1. The number of ether oxygens (including phenoxy) is 1. The van der Waals surface area contributed by atoms with Crippen molar-refractivity contribution in [2.45, 2.75) is 32.6 Å². The smallest absolute Gasteiger partial charge is 0.0725 e. The lowest BCUT2D eigenvalue weighted by atomic mass is 9.95. The third-order valence-electron chi connectivity index (χ3n) is 3.88. The minimum Gasteiger partial charge on any atom is -0.372 e. The van der Waals surface area contributed by atoms with Gasteiger partial charge in [0, 0.05) is 3.57 Å². The standard InChI is InChI=1S/C18H20INO/c1-2-9-20-18(13-5-7-17(19)8-6-13)14-3-4-15-11-21-12-16(15)10-14/h3-8,10,18,20H,2,9,11-12H2,1H3. The topological polar surface area (TPSA) is 21.3 Å². The monoisotopic (exact) mass is 393 g/mol. The Bertz CT molecular complexity index is 609. The van der Waals surface area contributed by atoms with Crippen molar-refractivity contribution >= 4 is 22.6 Å². The van der Waals surface area contributed by atoms with E-state index in [1.165, 1.54) is 25.8 Å². The van der Waals surface area contributed by atoms with Crippen molar-refractivity contribution in [3.8, 4) is 0 Å². The number of hydrogen-bond donors (Lipinski definition) is 1. The van der Waals surface area contributed by atoms with E-state index in [2.05, 4.69) is 77.3 Å². The van der Waals surface area contributed by atoms with Gasteiger partial charge in [0.1, 0.15) is 0 Å². The molecule has 2 aromatic rings. The molecule has 0 saturated heterocycles. The van der Waals surface area contributed by atoms with Gasteiger partial charge in [0.25, 0.3) is 0 Å². The summed E-state index contributed by atoms with van der Waals surface area (Å²) >= 11 is 2.35. The van der Waals surface area contributed by atoms with Crippen molar-refractivity contribution in [1.82, 2.24) is 5.32 Å². The molecule has 0 radical (unpaired) electrons. The van der Waals surface area contributed by atoms with Crippen molar-refractivity contribution in [3.05, 3.63) is 68.3 Å². The SMILES string of the molecule is CCCNC(c1ccc(I)cc1)c1ccc2c(c1)COC2. The van der Waals surface area contributed by atoms with E-state index >= 15 is 0 Å². The van der Waals surface area contributed by atoms with Gasteiger partial charge in [0.05, 0.1) is 19.3 Å². The van der Waals surface area contributed by atoms with Crippen LogP contribution >= 0.6 is 22.6 Å². The second-order valence-corrected chi connectivity index (χ2v) is 6.71. The molecule has 1 unspecified atom stereocenters. The molecule has 1 aliphatic rings. The highest BCUT2D eigenvalue weighted by Gasteiger charge is 2.17. The fraction of sp³-hybridized carbons (Fsp3) is 0.333.